The number of hydrogen-bond acceptors (Lipinski definition) is 5. The van der Waals surface area contributed by atoms with Crippen LogP contribution in [0.2, 0.25) is 0 Å². The predicted molar refractivity (Wildman–Crippen MR) is 55.0 cm³/mol. The van der Waals surface area contributed by atoms with Gasteiger partial charge in [-0.25, -0.2) is 0 Å². The summed E-state index contributed by atoms with van der Waals surface area (Å²) in [5.41, 5.74) is 0. The van der Waals surface area contributed by atoms with Crippen LogP contribution in [0.3, 0.4) is 0 Å². The van der Waals surface area contributed by atoms with Crippen molar-refractivity contribution in [1.29, 1.82) is 0 Å². The molecular formula is C8H12N2O4S. The van der Waals surface area contributed by atoms with Gasteiger partial charge < -0.3 is 0 Å². The maximum atomic E-state index is 10.9. The first-order valence-corrected chi connectivity index (χ1v) is 5.26. The minimum Gasteiger partial charge on any atom is -0.296 e. The summed E-state index contributed by atoms with van der Waals surface area (Å²) in [6.45, 7) is 2.45. The first kappa shape index (κ1) is 13.6. The largest absolute Gasteiger partial charge is 0.296 e. The fourth-order valence-corrected chi connectivity index (χ4v) is 1.32. The van der Waals surface area contributed by atoms with E-state index in [1.54, 1.807) is 0 Å². The van der Waals surface area contributed by atoms with Crippen molar-refractivity contribution in [3.8, 4) is 0 Å². The van der Waals surface area contributed by atoms with E-state index >= 15 is 0 Å². The number of imide groups is 2. The van der Waals surface area contributed by atoms with Crippen molar-refractivity contribution in [3.63, 3.8) is 0 Å². The predicted octanol–water partition coefficient (Wildman–Crippen LogP) is -0.955. The topological polar surface area (TPSA) is 92.3 Å². The van der Waals surface area contributed by atoms with Crippen LogP contribution in [0.15, 0.2) is 0 Å². The molecule has 15 heavy (non-hydrogen) atoms. The molecule has 0 atom stereocenters. The highest BCUT2D eigenvalue weighted by Crippen LogP contribution is 1.98. The van der Waals surface area contributed by atoms with Gasteiger partial charge in [-0.15, -0.1) is 11.8 Å². The van der Waals surface area contributed by atoms with Crippen LogP contribution in [0.5, 0.6) is 0 Å². The number of amides is 4. The molecule has 0 aromatic rings. The minimum absolute atomic E-state index is 0.00487. The molecule has 4 amide bonds. The Bertz CT molecular complexity index is 262. The van der Waals surface area contributed by atoms with E-state index in [4.69, 9.17) is 0 Å². The van der Waals surface area contributed by atoms with Gasteiger partial charge in [0.25, 0.3) is 0 Å². The fourth-order valence-electron chi connectivity index (χ4n) is 0.701. The molecule has 84 valence electrons. The standard InChI is InChI=1S/C8H12N2O4S/c1-5(11)9-7(13)3-15-4-8(14)10-6(2)12/h3-4H2,1-2H3,(H,9,11,13)(H,10,12,14). The Morgan fingerprint density at radius 3 is 1.47 bits per heavy atom. The molecule has 7 heteroatoms. The van der Waals surface area contributed by atoms with Gasteiger partial charge in [0, 0.05) is 13.8 Å². The molecule has 0 bridgehead atoms. The molecule has 0 aromatic carbocycles. The van der Waals surface area contributed by atoms with E-state index in [2.05, 4.69) is 10.6 Å². The monoisotopic (exact) mass is 232 g/mol. The van der Waals surface area contributed by atoms with Crippen molar-refractivity contribution in [1.82, 2.24) is 10.6 Å². The fraction of sp³-hybridized carbons (Fsp3) is 0.500. The third-order valence-electron chi connectivity index (χ3n) is 1.10. The molecule has 0 unspecified atom stereocenters. The number of hydrogen-bond donors (Lipinski definition) is 2. The van der Waals surface area contributed by atoms with Crippen LogP contribution in [-0.2, 0) is 19.2 Å². The minimum atomic E-state index is -0.455. The maximum absolute atomic E-state index is 10.9. The third kappa shape index (κ3) is 8.95. The molecule has 0 heterocycles. The molecule has 2 N–H and O–H groups in total. The van der Waals surface area contributed by atoms with Crippen molar-refractivity contribution in [2.24, 2.45) is 0 Å². The number of nitrogens with one attached hydrogen (secondary N) is 2. The van der Waals surface area contributed by atoms with Crippen molar-refractivity contribution in [2.45, 2.75) is 13.8 Å². The Kier molecular flexibility index (Phi) is 6.35. The average molecular weight is 232 g/mol. The van der Waals surface area contributed by atoms with Gasteiger partial charge in [0.05, 0.1) is 11.5 Å². The molecule has 0 aliphatic carbocycles. The Morgan fingerprint density at radius 1 is 0.867 bits per heavy atom. The van der Waals surface area contributed by atoms with E-state index in [0.29, 0.717) is 0 Å². The van der Waals surface area contributed by atoms with Gasteiger partial charge in [0.1, 0.15) is 0 Å². The molecule has 0 fully saturated rings. The molecule has 0 aliphatic rings. The first-order chi connectivity index (χ1) is 6.91. The van der Waals surface area contributed by atoms with E-state index in [9.17, 15) is 19.2 Å². The molecule has 0 spiro atoms. The number of carbonyl (C=O) groups is 4. The quantitative estimate of drug-likeness (QED) is 0.651. The van der Waals surface area contributed by atoms with E-state index in [0.717, 1.165) is 11.8 Å². The molecule has 0 saturated heterocycles. The van der Waals surface area contributed by atoms with E-state index in [1.165, 1.54) is 13.8 Å². The smallest absolute Gasteiger partial charge is 0.236 e. The highest BCUT2D eigenvalue weighted by atomic mass is 32.2. The van der Waals surface area contributed by atoms with E-state index in [1.807, 2.05) is 0 Å². The molecule has 0 radical (unpaired) electrons. The van der Waals surface area contributed by atoms with E-state index < -0.39 is 23.6 Å². The summed E-state index contributed by atoms with van der Waals surface area (Å²) in [5.74, 6) is -1.77. The highest BCUT2D eigenvalue weighted by Gasteiger charge is 2.07. The Hall–Kier alpha value is -1.37. The van der Waals surface area contributed by atoms with Crippen LogP contribution < -0.4 is 10.6 Å². The Labute approximate surface area is 91.2 Å². The van der Waals surface area contributed by atoms with Crippen LogP contribution >= 0.6 is 11.8 Å². The summed E-state index contributed by atoms with van der Waals surface area (Å²) >= 11 is 1.02. The number of carbonyl (C=O) groups excluding carboxylic acids is 4. The second-order valence-corrected chi connectivity index (χ2v) is 3.69. The average Bonchev–Trinajstić information content (AvgIpc) is 2.00. The van der Waals surface area contributed by atoms with Gasteiger partial charge in [-0.2, -0.15) is 0 Å². The van der Waals surface area contributed by atoms with Gasteiger partial charge in [-0.05, 0) is 0 Å². The van der Waals surface area contributed by atoms with Crippen LogP contribution in [0.25, 0.3) is 0 Å². The lowest BCUT2D eigenvalue weighted by molar-refractivity contribution is -0.129. The summed E-state index contributed by atoms with van der Waals surface area (Å²) in [5, 5.41) is 4.12. The second-order valence-electron chi connectivity index (χ2n) is 2.70. The SMILES string of the molecule is CC(=O)NC(=O)CSCC(=O)NC(C)=O. The van der Waals surface area contributed by atoms with Crippen molar-refractivity contribution in [3.05, 3.63) is 0 Å². The van der Waals surface area contributed by atoms with Crippen molar-refractivity contribution in [2.75, 3.05) is 11.5 Å². The lowest BCUT2D eigenvalue weighted by Crippen LogP contribution is -2.32. The third-order valence-corrected chi connectivity index (χ3v) is 2.03. The zero-order valence-electron chi connectivity index (χ0n) is 8.46. The summed E-state index contributed by atoms with van der Waals surface area (Å²) in [6.07, 6.45) is 0. The van der Waals surface area contributed by atoms with Crippen LogP contribution in [-0.4, -0.2) is 35.1 Å². The normalized spacial score (nSPS) is 9.20. The lowest BCUT2D eigenvalue weighted by Gasteiger charge is -2.01. The van der Waals surface area contributed by atoms with Crippen LogP contribution in [0.4, 0.5) is 0 Å². The van der Waals surface area contributed by atoms with Gasteiger partial charge in [0.2, 0.25) is 23.6 Å². The zero-order valence-corrected chi connectivity index (χ0v) is 9.27. The molecule has 0 aliphatic heterocycles. The summed E-state index contributed by atoms with van der Waals surface area (Å²) in [4.78, 5) is 42.7. The van der Waals surface area contributed by atoms with Gasteiger partial charge in [-0.1, -0.05) is 0 Å². The Balaban J connectivity index is 3.61. The van der Waals surface area contributed by atoms with Crippen molar-refractivity contribution >= 4 is 35.4 Å². The number of rotatable bonds is 4. The molecular weight excluding hydrogens is 220 g/mol. The highest BCUT2D eigenvalue weighted by molar-refractivity contribution is 8.00. The van der Waals surface area contributed by atoms with Crippen LogP contribution in [0.1, 0.15) is 13.8 Å². The zero-order chi connectivity index (χ0) is 11.8. The first-order valence-electron chi connectivity index (χ1n) is 4.10. The molecule has 0 rings (SSSR count). The molecule has 0 aromatic heterocycles. The van der Waals surface area contributed by atoms with Gasteiger partial charge >= 0.3 is 0 Å². The van der Waals surface area contributed by atoms with Crippen LogP contribution in [0, 0.1) is 0 Å². The maximum Gasteiger partial charge on any atom is 0.236 e. The number of thioether (sulfide) groups is 1. The lowest BCUT2D eigenvalue weighted by atomic mass is 10.6. The van der Waals surface area contributed by atoms with Gasteiger partial charge in [-0.3, -0.25) is 29.8 Å². The second kappa shape index (κ2) is 6.99. The van der Waals surface area contributed by atoms with E-state index in [-0.39, 0.29) is 11.5 Å². The molecule has 0 saturated carbocycles. The summed E-state index contributed by atoms with van der Waals surface area (Å²) in [7, 11) is 0. The molecule has 6 nitrogen and oxygen atoms in total. The Morgan fingerprint density at radius 2 is 1.20 bits per heavy atom. The van der Waals surface area contributed by atoms with Crippen molar-refractivity contribution < 1.29 is 19.2 Å². The van der Waals surface area contributed by atoms with Gasteiger partial charge in [0.15, 0.2) is 0 Å². The summed E-state index contributed by atoms with van der Waals surface area (Å²) in [6, 6.07) is 0. The summed E-state index contributed by atoms with van der Waals surface area (Å²) < 4.78 is 0.